The number of ketones is 1. The first-order valence-electron chi connectivity index (χ1n) is 6.87. The van der Waals surface area contributed by atoms with Crippen molar-refractivity contribution < 1.29 is 18.7 Å². The maximum absolute atomic E-state index is 14.4. The van der Waals surface area contributed by atoms with Gasteiger partial charge < -0.3 is 5.11 Å². The fourth-order valence-electron chi connectivity index (χ4n) is 3.88. The van der Waals surface area contributed by atoms with E-state index in [1.165, 1.54) is 13.8 Å². The van der Waals surface area contributed by atoms with Gasteiger partial charge in [0.15, 0.2) is 0 Å². The second-order valence-electron chi connectivity index (χ2n) is 7.98. The molecule has 19 heavy (non-hydrogen) atoms. The molecule has 1 saturated carbocycles. The third kappa shape index (κ3) is 3.15. The molecule has 0 aromatic carbocycles. The van der Waals surface area contributed by atoms with Crippen LogP contribution in [0.15, 0.2) is 0 Å². The summed E-state index contributed by atoms with van der Waals surface area (Å²) in [4.78, 5) is 11.8. The van der Waals surface area contributed by atoms with Crippen molar-refractivity contribution in [2.24, 2.45) is 16.7 Å². The average molecular weight is 276 g/mol. The number of carbonyl (C=O) groups excluding carboxylic acids is 1. The Morgan fingerprint density at radius 2 is 1.42 bits per heavy atom. The summed E-state index contributed by atoms with van der Waals surface area (Å²) in [6, 6.07) is 0. The standard InChI is InChI=1S/C15H26F2O2/c1-10(2)11(18)15(16,17)14(19)8-12(3,4)7-13(5,6)9-14/h10,19H,7-9H2,1-6H3. The molecule has 1 rings (SSSR count). The summed E-state index contributed by atoms with van der Waals surface area (Å²) < 4.78 is 28.9. The second kappa shape index (κ2) is 4.51. The molecule has 0 aliphatic heterocycles. The van der Waals surface area contributed by atoms with Crippen molar-refractivity contribution in [3.05, 3.63) is 0 Å². The summed E-state index contributed by atoms with van der Waals surface area (Å²) in [5, 5.41) is 10.5. The molecule has 0 aromatic heterocycles. The molecule has 0 unspecified atom stereocenters. The van der Waals surface area contributed by atoms with Crippen LogP contribution in [-0.4, -0.2) is 22.4 Å². The fourth-order valence-corrected chi connectivity index (χ4v) is 3.88. The Morgan fingerprint density at radius 1 is 1.05 bits per heavy atom. The molecule has 0 atom stereocenters. The Bertz CT molecular complexity index is 354. The van der Waals surface area contributed by atoms with E-state index in [4.69, 9.17) is 0 Å². The van der Waals surface area contributed by atoms with Crippen LogP contribution in [0.25, 0.3) is 0 Å². The lowest BCUT2D eigenvalue weighted by molar-refractivity contribution is -0.225. The molecule has 2 nitrogen and oxygen atoms in total. The molecule has 0 heterocycles. The molecule has 0 bridgehead atoms. The van der Waals surface area contributed by atoms with Crippen LogP contribution in [-0.2, 0) is 4.79 Å². The zero-order chi connectivity index (χ0) is 15.3. The second-order valence-corrected chi connectivity index (χ2v) is 7.98. The quantitative estimate of drug-likeness (QED) is 0.851. The highest BCUT2D eigenvalue weighted by Crippen LogP contribution is 2.55. The molecule has 0 radical (unpaired) electrons. The number of rotatable bonds is 3. The van der Waals surface area contributed by atoms with Crippen LogP contribution >= 0.6 is 0 Å². The lowest BCUT2D eigenvalue weighted by Gasteiger charge is -2.51. The van der Waals surface area contributed by atoms with Gasteiger partial charge in [-0.05, 0) is 30.1 Å². The van der Waals surface area contributed by atoms with Crippen molar-refractivity contribution in [3.63, 3.8) is 0 Å². The molecule has 1 aliphatic rings. The molecular formula is C15H26F2O2. The van der Waals surface area contributed by atoms with Crippen LogP contribution < -0.4 is 0 Å². The third-order valence-corrected chi connectivity index (χ3v) is 3.92. The van der Waals surface area contributed by atoms with Gasteiger partial charge in [0.05, 0.1) is 0 Å². The number of Topliss-reactive ketones (excluding diaryl/α,β-unsaturated/α-hetero) is 1. The summed E-state index contributed by atoms with van der Waals surface area (Å²) in [5.74, 6) is -5.63. The van der Waals surface area contributed by atoms with Gasteiger partial charge >= 0.3 is 5.92 Å². The van der Waals surface area contributed by atoms with Crippen LogP contribution in [0, 0.1) is 16.7 Å². The smallest absolute Gasteiger partial charge is 0.333 e. The van der Waals surface area contributed by atoms with E-state index in [1.807, 2.05) is 27.7 Å². The summed E-state index contributed by atoms with van der Waals surface area (Å²) >= 11 is 0. The summed E-state index contributed by atoms with van der Waals surface area (Å²) in [5.41, 5.74) is -3.05. The molecule has 0 aromatic rings. The summed E-state index contributed by atoms with van der Waals surface area (Å²) in [7, 11) is 0. The fraction of sp³-hybridized carbons (Fsp3) is 0.933. The number of hydrogen-bond acceptors (Lipinski definition) is 2. The van der Waals surface area contributed by atoms with Gasteiger partial charge in [-0.3, -0.25) is 4.79 Å². The Kier molecular flexibility index (Phi) is 3.92. The predicted molar refractivity (Wildman–Crippen MR) is 71.2 cm³/mol. The predicted octanol–water partition coefficient (Wildman–Crippen LogP) is 3.81. The molecule has 4 heteroatoms. The SMILES string of the molecule is CC(C)C(=O)C(F)(F)C1(O)CC(C)(C)CC(C)(C)C1. The number of aliphatic hydroxyl groups is 1. The molecule has 1 N–H and O–H groups in total. The van der Waals surface area contributed by atoms with Crippen LogP contribution in [0.4, 0.5) is 8.78 Å². The van der Waals surface area contributed by atoms with E-state index < -0.39 is 34.1 Å². The van der Waals surface area contributed by atoms with Gasteiger partial charge in [-0.15, -0.1) is 0 Å². The number of alkyl halides is 2. The monoisotopic (exact) mass is 276 g/mol. The zero-order valence-corrected chi connectivity index (χ0v) is 12.8. The summed E-state index contributed by atoms with van der Waals surface area (Å²) in [6.45, 7) is 10.4. The molecule has 112 valence electrons. The van der Waals surface area contributed by atoms with Crippen molar-refractivity contribution in [2.75, 3.05) is 0 Å². The van der Waals surface area contributed by atoms with Crippen LogP contribution in [0.5, 0.6) is 0 Å². The number of hydrogen-bond donors (Lipinski definition) is 1. The lowest BCUT2D eigenvalue weighted by Crippen LogP contribution is -2.60. The van der Waals surface area contributed by atoms with Crippen LogP contribution in [0.1, 0.15) is 60.8 Å². The average Bonchev–Trinajstić information content (AvgIpc) is 2.09. The number of halogens is 2. The Balaban J connectivity index is 3.18. The van der Waals surface area contributed by atoms with Gasteiger partial charge in [0.25, 0.3) is 0 Å². The van der Waals surface area contributed by atoms with Gasteiger partial charge in [0.1, 0.15) is 5.60 Å². The first-order chi connectivity index (χ1) is 8.23. The minimum absolute atomic E-state index is 0.0467. The molecule has 1 aliphatic carbocycles. The van der Waals surface area contributed by atoms with E-state index in [0.29, 0.717) is 0 Å². The van der Waals surface area contributed by atoms with E-state index in [2.05, 4.69) is 0 Å². The highest BCUT2D eigenvalue weighted by atomic mass is 19.3. The Morgan fingerprint density at radius 3 is 1.74 bits per heavy atom. The molecule has 0 amide bonds. The van der Waals surface area contributed by atoms with Crippen LogP contribution in [0.2, 0.25) is 0 Å². The largest absolute Gasteiger partial charge is 0.383 e. The zero-order valence-electron chi connectivity index (χ0n) is 12.8. The summed E-state index contributed by atoms with van der Waals surface area (Å²) in [6.07, 6.45) is 0.665. The minimum Gasteiger partial charge on any atom is -0.383 e. The van der Waals surface area contributed by atoms with E-state index in [1.54, 1.807) is 0 Å². The maximum Gasteiger partial charge on any atom is 0.333 e. The van der Waals surface area contributed by atoms with E-state index in [0.717, 1.165) is 6.42 Å². The van der Waals surface area contributed by atoms with Crippen molar-refractivity contribution >= 4 is 5.78 Å². The van der Waals surface area contributed by atoms with Gasteiger partial charge in [-0.25, -0.2) is 0 Å². The van der Waals surface area contributed by atoms with E-state index in [-0.39, 0.29) is 12.8 Å². The van der Waals surface area contributed by atoms with Gasteiger partial charge in [0, 0.05) is 5.92 Å². The van der Waals surface area contributed by atoms with Crippen molar-refractivity contribution in [2.45, 2.75) is 72.3 Å². The Labute approximate surface area is 114 Å². The highest BCUT2D eigenvalue weighted by molar-refractivity contribution is 5.88. The molecule has 1 fully saturated rings. The van der Waals surface area contributed by atoms with Crippen molar-refractivity contribution in [1.29, 1.82) is 0 Å². The Hall–Kier alpha value is -0.510. The lowest BCUT2D eigenvalue weighted by atomic mass is 9.57. The van der Waals surface area contributed by atoms with Gasteiger partial charge in [0.2, 0.25) is 5.78 Å². The normalized spacial score (nSPS) is 25.4. The molecule has 0 spiro atoms. The molecular weight excluding hydrogens is 250 g/mol. The minimum atomic E-state index is -3.68. The number of carbonyl (C=O) groups is 1. The highest BCUT2D eigenvalue weighted by Gasteiger charge is 2.63. The third-order valence-electron chi connectivity index (χ3n) is 3.92. The van der Waals surface area contributed by atoms with E-state index in [9.17, 15) is 18.7 Å². The topological polar surface area (TPSA) is 37.3 Å². The maximum atomic E-state index is 14.4. The van der Waals surface area contributed by atoms with Gasteiger partial charge in [-0.2, -0.15) is 8.78 Å². The van der Waals surface area contributed by atoms with Crippen LogP contribution in [0.3, 0.4) is 0 Å². The first kappa shape index (κ1) is 16.5. The molecule has 0 saturated heterocycles. The van der Waals surface area contributed by atoms with Gasteiger partial charge in [-0.1, -0.05) is 41.5 Å². The van der Waals surface area contributed by atoms with Crippen molar-refractivity contribution in [1.82, 2.24) is 0 Å². The van der Waals surface area contributed by atoms with Crippen molar-refractivity contribution in [3.8, 4) is 0 Å². The van der Waals surface area contributed by atoms with E-state index >= 15 is 0 Å². The first-order valence-corrected chi connectivity index (χ1v) is 6.87.